The Morgan fingerprint density at radius 2 is 1.78 bits per heavy atom. The number of carbonyl (C=O) groups excluding carboxylic acids is 1. The van der Waals surface area contributed by atoms with Crippen molar-refractivity contribution >= 4 is 23.2 Å². The summed E-state index contributed by atoms with van der Waals surface area (Å²) >= 11 is 5.75. The van der Waals surface area contributed by atoms with Crippen LogP contribution in [0.1, 0.15) is 11.6 Å². The van der Waals surface area contributed by atoms with E-state index in [1.807, 2.05) is 0 Å². The molecule has 10 heteroatoms. The maximum Gasteiger partial charge on any atom is 0.407 e. The average molecular weight is 409 g/mol. The predicted molar refractivity (Wildman–Crippen MR) is 90.0 cm³/mol. The Kier molecular flexibility index (Phi) is 6.98. The van der Waals surface area contributed by atoms with E-state index in [-0.39, 0.29) is 22.0 Å². The van der Waals surface area contributed by atoms with Crippen LogP contribution in [-0.4, -0.2) is 25.2 Å². The summed E-state index contributed by atoms with van der Waals surface area (Å²) in [7, 11) is 0. The van der Waals surface area contributed by atoms with E-state index in [1.165, 1.54) is 30.3 Å². The molecule has 2 aromatic carbocycles. The fourth-order valence-corrected chi connectivity index (χ4v) is 2.46. The van der Waals surface area contributed by atoms with Gasteiger partial charge in [-0.25, -0.2) is 0 Å². The van der Waals surface area contributed by atoms with Gasteiger partial charge < -0.3 is 10.1 Å². The number of halogens is 6. The summed E-state index contributed by atoms with van der Waals surface area (Å²) in [6, 6.07) is 8.57. The summed E-state index contributed by atoms with van der Waals surface area (Å²) < 4.78 is 68.1. The van der Waals surface area contributed by atoms with Gasteiger partial charge >= 0.3 is 12.8 Å². The van der Waals surface area contributed by atoms with Gasteiger partial charge in [0, 0.05) is 5.69 Å². The topological polar surface area (TPSA) is 50.4 Å². The van der Waals surface area contributed by atoms with Crippen LogP contribution in [0.15, 0.2) is 48.5 Å². The van der Waals surface area contributed by atoms with Crippen LogP contribution >= 0.6 is 11.6 Å². The summed E-state index contributed by atoms with van der Waals surface area (Å²) in [5.41, 5.74) is 0.0889. The van der Waals surface area contributed by atoms with Crippen LogP contribution in [0, 0.1) is 0 Å². The Morgan fingerprint density at radius 3 is 2.33 bits per heavy atom. The van der Waals surface area contributed by atoms with Crippen molar-refractivity contribution in [3.8, 4) is 5.75 Å². The lowest BCUT2D eigenvalue weighted by Gasteiger charge is -2.22. The zero-order valence-electron chi connectivity index (χ0n) is 13.6. The molecule has 0 heterocycles. The molecule has 2 N–H and O–H groups in total. The molecule has 146 valence electrons. The Balaban J connectivity index is 1.99. The Hall–Kier alpha value is -2.39. The van der Waals surface area contributed by atoms with E-state index >= 15 is 0 Å². The minimum atomic E-state index is -4.60. The molecule has 0 bridgehead atoms. The third-order valence-corrected chi connectivity index (χ3v) is 3.65. The highest BCUT2D eigenvalue weighted by atomic mass is 35.5. The SMILES string of the molecule is O=C(CNC(c1ccccc1)C(F)(F)F)Nc1ccc(OC(F)F)c(Cl)c1. The molecule has 1 amide bonds. The fraction of sp³-hybridized carbons (Fsp3) is 0.235. The lowest BCUT2D eigenvalue weighted by Crippen LogP contribution is -2.38. The van der Waals surface area contributed by atoms with Gasteiger partial charge in [0.25, 0.3) is 0 Å². The number of anilines is 1. The van der Waals surface area contributed by atoms with E-state index in [4.69, 9.17) is 11.6 Å². The van der Waals surface area contributed by atoms with E-state index < -0.39 is 31.3 Å². The maximum absolute atomic E-state index is 13.2. The lowest BCUT2D eigenvalue weighted by molar-refractivity contribution is -0.158. The molecule has 0 fully saturated rings. The first kappa shape index (κ1) is 20.9. The summed E-state index contributed by atoms with van der Waals surface area (Å²) in [5.74, 6) is -1.05. The van der Waals surface area contributed by atoms with E-state index in [2.05, 4.69) is 15.4 Å². The highest BCUT2D eigenvalue weighted by Gasteiger charge is 2.40. The lowest BCUT2D eigenvalue weighted by atomic mass is 10.1. The smallest absolute Gasteiger partial charge is 0.407 e. The molecule has 1 unspecified atom stereocenters. The highest BCUT2D eigenvalue weighted by Crippen LogP contribution is 2.32. The van der Waals surface area contributed by atoms with Crippen molar-refractivity contribution in [3.05, 3.63) is 59.1 Å². The Bertz CT molecular complexity index is 772. The summed E-state index contributed by atoms with van der Waals surface area (Å²) in [4.78, 5) is 11.9. The second kappa shape index (κ2) is 9.01. The number of nitrogens with one attached hydrogen (secondary N) is 2. The van der Waals surface area contributed by atoms with E-state index in [0.29, 0.717) is 0 Å². The summed E-state index contributed by atoms with van der Waals surface area (Å²) in [5, 5.41) is 4.30. The molecule has 27 heavy (non-hydrogen) atoms. The first-order valence-electron chi connectivity index (χ1n) is 7.56. The molecule has 0 aromatic heterocycles. The van der Waals surface area contributed by atoms with Gasteiger partial charge in [0.15, 0.2) is 0 Å². The molecule has 0 aliphatic heterocycles. The molecule has 0 spiro atoms. The van der Waals surface area contributed by atoms with Crippen LogP contribution in [0.2, 0.25) is 5.02 Å². The van der Waals surface area contributed by atoms with Crippen LogP contribution in [-0.2, 0) is 4.79 Å². The monoisotopic (exact) mass is 408 g/mol. The summed E-state index contributed by atoms with van der Waals surface area (Å²) in [6.07, 6.45) is -4.60. The number of carbonyl (C=O) groups is 1. The van der Waals surface area contributed by atoms with Crippen molar-refractivity contribution in [1.29, 1.82) is 0 Å². The highest BCUT2D eigenvalue weighted by molar-refractivity contribution is 6.32. The van der Waals surface area contributed by atoms with Crippen molar-refractivity contribution < 1.29 is 31.5 Å². The molecule has 0 saturated carbocycles. The Labute approximate surface area is 156 Å². The van der Waals surface area contributed by atoms with Crippen molar-refractivity contribution in [2.24, 2.45) is 0 Å². The van der Waals surface area contributed by atoms with Gasteiger partial charge in [0.05, 0.1) is 11.6 Å². The minimum Gasteiger partial charge on any atom is -0.433 e. The first-order chi connectivity index (χ1) is 12.7. The largest absolute Gasteiger partial charge is 0.433 e. The van der Waals surface area contributed by atoms with Crippen LogP contribution in [0.4, 0.5) is 27.6 Å². The molecule has 0 aliphatic carbocycles. The van der Waals surface area contributed by atoms with Crippen molar-refractivity contribution in [2.45, 2.75) is 18.8 Å². The number of alkyl halides is 5. The fourth-order valence-electron chi connectivity index (χ4n) is 2.24. The maximum atomic E-state index is 13.2. The van der Waals surface area contributed by atoms with Gasteiger partial charge in [-0.1, -0.05) is 41.9 Å². The number of benzene rings is 2. The molecule has 2 rings (SSSR count). The standard InChI is InChI=1S/C17H14ClF5N2O2/c18-12-8-11(6-7-13(12)27-16(19)20)25-14(26)9-24-15(17(21,22)23)10-4-2-1-3-5-10/h1-8,15-16,24H,9H2,(H,25,26). The van der Waals surface area contributed by atoms with E-state index in [9.17, 15) is 26.7 Å². The minimum absolute atomic E-state index is 0.0330. The quantitative estimate of drug-likeness (QED) is 0.649. The Morgan fingerprint density at radius 1 is 1.11 bits per heavy atom. The van der Waals surface area contributed by atoms with E-state index in [0.717, 1.165) is 12.1 Å². The molecule has 0 aliphatic rings. The number of rotatable bonds is 7. The third kappa shape index (κ3) is 6.37. The van der Waals surface area contributed by atoms with Crippen molar-refractivity contribution in [2.75, 3.05) is 11.9 Å². The van der Waals surface area contributed by atoms with Crippen LogP contribution in [0.5, 0.6) is 5.75 Å². The summed E-state index contributed by atoms with van der Waals surface area (Å²) in [6.45, 7) is -3.70. The van der Waals surface area contributed by atoms with Crippen molar-refractivity contribution in [3.63, 3.8) is 0 Å². The normalized spacial score (nSPS) is 12.7. The molecular weight excluding hydrogens is 395 g/mol. The van der Waals surface area contributed by atoms with Gasteiger partial charge in [-0.05, 0) is 23.8 Å². The molecular formula is C17H14ClF5N2O2. The van der Waals surface area contributed by atoms with Gasteiger partial charge in [0.1, 0.15) is 11.8 Å². The zero-order valence-corrected chi connectivity index (χ0v) is 14.3. The van der Waals surface area contributed by atoms with Gasteiger partial charge in [-0.2, -0.15) is 22.0 Å². The third-order valence-electron chi connectivity index (χ3n) is 3.36. The molecule has 4 nitrogen and oxygen atoms in total. The van der Waals surface area contributed by atoms with Crippen LogP contribution in [0.25, 0.3) is 0 Å². The predicted octanol–water partition coefficient (Wildman–Crippen LogP) is 4.77. The van der Waals surface area contributed by atoms with Crippen LogP contribution < -0.4 is 15.4 Å². The second-order valence-electron chi connectivity index (χ2n) is 5.34. The molecule has 0 saturated heterocycles. The molecule has 1 atom stereocenters. The zero-order chi connectivity index (χ0) is 20.0. The van der Waals surface area contributed by atoms with Gasteiger partial charge in [0.2, 0.25) is 5.91 Å². The van der Waals surface area contributed by atoms with E-state index in [1.54, 1.807) is 6.07 Å². The van der Waals surface area contributed by atoms with Crippen LogP contribution in [0.3, 0.4) is 0 Å². The van der Waals surface area contributed by atoms with Crippen molar-refractivity contribution in [1.82, 2.24) is 5.32 Å². The molecule has 0 radical (unpaired) electrons. The van der Waals surface area contributed by atoms with Gasteiger partial charge in [-0.15, -0.1) is 0 Å². The first-order valence-corrected chi connectivity index (χ1v) is 7.94. The number of ether oxygens (including phenoxy) is 1. The van der Waals surface area contributed by atoms with Gasteiger partial charge in [-0.3, -0.25) is 10.1 Å². The molecule has 2 aromatic rings. The number of amides is 1. The second-order valence-corrected chi connectivity index (χ2v) is 5.75. The average Bonchev–Trinajstić information content (AvgIpc) is 2.57. The number of hydrogen-bond donors (Lipinski definition) is 2. The number of hydrogen-bond acceptors (Lipinski definition) is 3.